The van der Waals surface area contributed by atoms with Gasteiger partial charge in [-0.25, -0.2) is 0 Å². The van der Waals surface area contributed by atoms with E-state index in [4.69, 9.17) is 14.2 Å². The Labute approximate surface area is 185 Å². The van der Waals surface area contributed by atoms with Crippen molar-refractivity contribution in [1.29, 1.82) is 0 Å². The Morgan fingerprint density at radius 1 is 1.16 bits per heavy atom. The Kier molecular flexibility index (Phi) is 7.70. The molecule has 0 radical (unpaired) electrons. The number of Topliss-reactive ketones (excluding diaryl/α,β-unsaturated/α-hetero) is 1. The van der Waals surface area contributed by atoms with Gasteiger partial charge in [0.25, 0.3) is 5.91 Å². The summed E-state index contributed by atoms with van der Waals surface area (Å²) in [6.07, 6.45) is 0.852. The number of carbonyl (C=O) groups is 2. The van der Waals surface area contributed by atoms with Gasteiger partial charge in [0.15, 0.2) is 17.3 Å². The molecule has 1 N–H and O–H groups in total. The molecule has 2 heterocycles. The molecule has 1 aliphatic heterocycles. The third-order valence-electron chi connectivity index (χ3n) is 4.87. The maximum Gasteiger partial charge on any atom is 0.290 e. The first kappa shape index (κ1) is 22.8. The van der Waals surface area contributed by atoms with Crippen LogP contribution >= 0.6 is 11.3 Å². The lowest BCUT2D eigenvalue weighted by atomic mass is 9.95. The minimum Gasteiger partial charge on any atom is -0.503 e. The first-order chi connectivity index (χ1) is 15.0. The zero-order valence-electron chi connectivity index (χ0n) is 17.9. The van der Waals surface area contributed by atoms with Crippen LogP contribution in [0, 0.1) is 0 Å². The molecule has 0 aliphatic carbocycles. The van der Waals surface area contributed by atoms with Crippen LogP contribution in [0.25, 0.3) is 0 Å². The molecule has 2 aromatic rings. The van der Waals surface area contributed by atoms with E-state index in [-0.39, 0.29) is 24.5 Å². The van der Waals surface area contributed by atoms with Crippen molar-refractivity contribution in [3.8, 4) is 11.5 Å². The number of benzene rings is 1. The monoisotopic (exact) mass is 445 g/mol. The van der Waals surface area contributed by atoms with Gasteiger partial charge in [-0.2, -0.15) is 0 Å². The molecule has 1 aliphatic rings. The minimum atomic E-state index is -0.753. The molecule has 0 fully saturated rings. The van der Waals surface area contributed by atoms with E-state index in [2.05, 4.69) is 0 Å². The molecule has 166 valence electrons. The third kappa shape index (κ3) is 4.75. The maximum absolute atomic E-state index is 13.2. The lowest BCUT2D eigenvalue weighted by Crippen LogP contribution is -2.34. The maximum atomic E-state index is 13.2. The summed E-state index contributed by atoms with van der Waals surface area (Å²) >= 11 is 1.27. The van der Waals surface area contributed by atoms with Crippen molar-refractivity contribution >= 4 is 23.0 Å². The number of aliphatic hydroxyl groups excluding tert-OH is 1. The summed E-state index contributed by atoms with van der Waals surface area (Å²) in [6, 6.07) is 8.03. The molecule has 0 saturated carbocycles. The molecule has 1 atom stereocenters. The molecule has 0 saturated heterocycles. The van der Waals surface area contributed by atoms with Crippen LogP contribution in [0.3, 0.4) is 0 Å². The highest BCUT2D eigenvalue weighted by atomic mass is 32.1. The predicted octanol–water partition coefficient (Wildman–Crippen LogP) is 4.16. The van der Waals surface area contributed by atoms with Crippen LogP contribution in [-0.2, 0) is 9.53 Å². The Bertz CT molecular complexity index is 953. The molecular weight excluding hydrogens is 418 g/mol. The molecule has 31 heavy (non-hydrogen) atoms. The Morgan fingerprint density at radius 2 is 1.97 bits per heavy atom. The van der Waals surface area contributed by atoms with Crippen LogP contribution < -0.4 is 9.47 Å². The van der Waals surface area contributed by atoms with Crippen molar-refractivity contribution in [1.82, 2.24) is 4.90 Å². The average Bonchev–Trinajstić information content (AvgIpc) is 3.39. The van der Waals surface area contributed by atoms with Gasteiger partial charge in [-0.1, -0.05) is 19.1 Å². The summed E-state index contributed by atoms with van der Waals surface area (Å²) in [5.41, 5.74) is 0.717. The normalized spacial score (nSPS) is 16.2. The molecule has 1 unspecified atom stereocenters. The van der Waals surface area contributed by atoms with Crippen LogP contribution in [0.15, 0.2) is 47.0 Å². The average molecular weight is 446 g/mol. The van der Waals surface area contributed by atoms with Gasteiger partial charge in [0, 0.05) is 13.7 Å². The van der Waals surface area contributed by atoms with Crippen molar-refractivity contribution < 1.29 is 28.9 Å². The van der Waals surface area contributed by atoms with Gasteiger partial charge in [-0.3, -0.25) is 9.59 Å². The Balaban J connectivity index is 2.07. The van der Waals surface area contributed by atoms with Crippen molar-refractivity contribution in [3.05, 3.63) is 57.5 Å². The summed E-state index contributed by atoms with van der Waals surface area (Å²) < 4.78 is 16.7. The van der Waals surface area contributed by atoms with E-state index in [1.807, 2.05) is 13.8 Å². The van der Waals surface area contributed by atoms with Crippen molar-refractivity contribution in [2.45, 2.75) is 26.3 Å². The number of methoxy groups -OCH3 is 1. The van der Waals surface area contributed by atoms with Crippen LogP contribution in [-0.4, -0.2) is 55.2 Å². The van der Waals surface area contributed by atoms with Gasteiger partial charge in [-0.15, -0.1) is 11.3 Å². The summed E-state index contributed by atoms with van der Waals surface area (Å²) in [6.45, 7) is 5.37. The van der Waals surface area contributed by atoms with Gasteiger partial charge >= 0.3 is 0 Å². The molecule has 8 heteroatoms. The lowest BCUT2D eigenvalue weighted by molar-refractivity contribution is -0.130. The summed E-state index contributed by atoms with van der Waals surface area (Å²) in [5.74, 6) is -0.355. The zero-order chi connectivity index (χ0) is 22.4. The molecule has 3 rings (SSSR count). The Hall–Kier alpha value is -2.84. The quantitative estimate of drug-likeness (QED) is 0.523. The van der Waals surface area contributed by atoms with Crippen LogP contribution in [0.4, 0.5) is 0 Å². The highest BCUT2D eigenvalue weighted by Crippen LogP contribution is 2.42. The van der Waals surface area contributed by atoms with E-state index < -0.39 is 17.7 Å². The third-order valence-corrected chi connectivity index (χ3v) is 5.74. The van der Waals surface area contributed by atoms with Gasteiger partial charge in [0.2, 0.25) is 5.78 Å². The minimum absolute atomic E-state index is 0.0632. The first-order valence-electron chi connectivity index (χ1n) is 10.2. The van der Waals surface area contributed by atoms with E-state index in [0.29, 0.717) is 35.2 Å². The number of amides is 1. The summed E-state index contributed by atoms with van der Waals surface area (Å²) in [5, 5.41) is 12.4. The number of rotatable bonds is 11. The van der Waals surface area contributed by atoms with Crippen molar-refractivity contribution in [2.24, 2.45) is 0 Å². The van der Waals surface area contributed by atoms with E-state index in [1.54, 1.807) is 35.7 Å². The highest BCUT2D eigenvalue weighted by Gasteiger charge is 2.44. The number of ether oxygens (including phenoxy) is 3. The standard InChI is InChI=1S/C23H27NO6S/c1-4-11-30-16-9-8-15(14-17(16)29-5-2)20-19(21(25)18-7-6-13-31-18)22(26)23(27)24(20)10-12-28-3/h6-9,13-14,20,26H,4-5,10-12H2,1-3H3. The number of hydrogen-bond acceptors (Lipinski definition) is 7. The Morgan fingerprint density at radius 3 is 2.61 bits per heavy atom. The molecule has 0 spiro atoms. The largest absolute Gasteiger partial charge is 0.503 e. The number of ketones is 1. The fourth-order valence-corrected chi connectivity index (χ4v) is 4.17. The molecule has 1 aromatic heterocycles. The first-order valence-corrected chi connectivity index (χ1v) is 11.1. The molecule has 7 nitrogen and oxygen atoms in total. The van der Waals surface area contributed by atoms with Crippen molar-refractivity contribution in [3.63, 3.8) is 0 Å². The number of carbonyl (C=O) groups excluding carboxylic acids is 2. The number of nitrogens with zero attached hydrogens (tertiary/aromatic N) is 1. The highest BCUT2D eigenvalue weighted by molar-refractivity contribution is 7.12. The van der Waals surface area contributed by atoms with Crippen LogP contribution in [0.2, 0.25) is 0 Å². The van der Waals surface area contributed by atoms with Gasteiger partial charge in [0.1, 0.15) is 0 Å². The topological polar surface area (TPSA) is 85.3 Å². The lowest BCUT2D eigenvalue weighted by Gasteiger charge is -2.27. The molecule has 1 amide bonds. The number of aliphatic hydroxyl groups is 1. The van der Waals surface area contributed by atoms with Gasteiger partial charge in [0.05, 0.1) is 36.3 Å². The predicted molar refractivity (Wildman–Crippen MR) is 118 cm³/mol. The fourth-order valence-electron chi connectivity index (χ4n) is 3.49. The molecule has 0 bridgehead atoms. The number of thiophene rings is 1. The second-order valence-electron chi connectivity index (χ2n) is 6.95. The molecular formula is C23H27NO6S. The van der Waals surface area contributed by atoms with Crippen LogP contribution in [0.1, 0.15) is 41.5 Å². The van der Waals surface area contributed by atoms with Crippen LogP contribution in [0.5, 0.6) is 11.5 Å². The van der Waals surface area contributed by atoms with E-state index in [1.165, 1.54) is 23.3 Å². The van der Waals surface area contributed by atoms with E-state index >= 15 is 0 Å². The smallest absolute Gasteiger partial charge is 0.290 e. The second-order valence-corrected chi connectivity index (χ2v) is 7.90. The zero-order valence-corrected chi connectivity index (χ0v) is 18.7. The second kappa shape index (κ2) is 10.5. The van der Waals surface area contributed by atoms with E-state index in [0.717, 1.165) is 6.42 Å². The van der Waals surface area contributed by atoms with E-state index in [9.17, 15) is 14.7 Å². The summed E-state index contributed by atoms with van der Waals surface area (Å²) in [7, 11) is 1.54. The van der Waals surface area contributed by atoms with Crippen molar-refractivity contribution in [2.75, 3.05) is 33.5 Å². The SMILES string of the molecule is CCCOc1ccc(C2C(C(=O)c3cccs3)=C(O)C(=O)N2CCOC)cc1OCC. The molecule has 1 aromatic carbocycles. The number of hydrogen-bond donors (Lipinski definition) is 1. The van der Waals surface area contributed by atoms with Gasteiger partial charge in [-0.05, 0) is 42.5 Å². The summed E-state index contributed by atoms with van der Waals surface area (Å²) in [4.78, 5) is 28.0. The van der Waals surface area contributed by atoms with Gasteiger partial charge < -0.3 is 24.2 Å². The fraction of sp³-hybridized carbons (Fsp3) is 0.391.